The van der Waals surface area contributed by atoms with Crippen molar-refractivity contribution in [3.63, 3.8) is 0 Å². The standard InChI is InChI=1S/C15H14N4O/c1-9(20)17-12-5-2-10(3-6-12)15-18-13-7-4-11(16)8-14(13)19-15/h2-8H,16H2,1H3,(H,17,20)(H,18,19). The fourth-order valence-corrected chi connectivity index (χ4v) is 2.07. The highest BCUT2D eigenvalue weighted by molar-refractivity contribution is 5.89. The van der Waals surface area contributed by atoms with E-state index < -0.39 is 0 Å². The average molecular weight is 266 g/mol. The molecule has 4 N–H and O–H groups in total. The Balaban J connectivity index is 1.96. The van der Waals surface area contributed by atoms with E-state index in [-0.39, 0.29) is 5.91 Å². The first-order chi connectivity index (χ1) is 9.61. The second-order valence-corrected chi connectivity index (χ2v) is 4.62. The van der Waals surface area contributed by atoms with Crippen molar-refractivity contribution in [1.29, 1.82) is 0 Å². The van der Waals surface area contributed by atoms with Gasteiger partial charge in [0.2, 0.25) is 5.91 Å². The number of nitrogens with two attached hydrogens (primary N) is 1. The normalized spacial score (nSPS) is 10.7. The molecule has 0 bridgehead atoms. The number of carbonyl (C=O) groups excluding carboxylic acids is 1. The highest BCUT2D eigenvalue weighted by Gasteiger charge is 2.05. The van der Waals surface area contributed by atoms with Gasteiger partial charge < -0.3 is 16.0 Å². The second kappa shape index (κ2) is 4.70. The lowest BCUT2D eigenvalue weighted by Crippen LogP contribution is -2.05. The van der Waals surface area contributed by atoms with Crippen molar-refractivity contribution >= 4 is 28.3 Å². The fourth-order valence-electron chi connectivity index (χ4n) is 2.07. The fraction of sp³-hybridized carbons (Fsp3) is 0.0667. The summed E-state index contributed by atoms with van der Waals surface area (Å²) in [7, 11) is 0. The molecule has 0 aliphatic rings. The first-order valence-electron chi connectivity index (χ1n) is 6.25. The van der Waals surface area contributed by atoms with Gasteiger partial charge in [-0.3, -0.25) is 4.79 Å². The van der Waals surface area contributed by atoms with Crippen molar-refractivity contribution in [1.82, 2.24) is 9.97 Å². The van der Waals surface area contributed by atoms with E-state index in [1.54, 1.807) is 0 Å². The molecule has 0 unspecified atom stereocenters. The maximum atomic E-state index is 11.0. The van der Waals surface area contributed by atoms with Crippen LogP contribution in [0.25, 0.3) is 22.4 Å². The number of H-pyrrole nitrogens is 1. The molecule has 3 rings (SSSR count). The molecule has 0 aliphatic carbocycles. The SMILES string of the molecule is CC(=O)Nc1ccc(-c2nc3cc(N)ccc3[nH]2)cc1. The van der Waals surface area contributed by atoms with Crippen LogP contribution in [0.3, 0.4) is 0 Å². The third-order valence-electron chi connectivity index (χ3n) is 2.99. The van der Waals surface area contributed by atoms with Crippen LogP contribution in [0.2, 0.25) is 0 Å². The van der Waals surface area contributed by atoms with E-state index >= 15 is 0 Å². The molecule has 1 heterocycles. The number of rotatable bonds is 2. The van der Waals surface area contributed by atoms with Crippen LogP contribution >= 0.6 is 0 Å². The van der Waals surface area contributed by atoms with E-state index in [9.17, 15) is 4.79 Å². The van der Waals surface area contributed by atoms with Crippen molar-refractivity contribution in [3.05, 3.63) is 42.5 Å². The summed E-state index contributed by atoms with van der Waals surface area (Å²) in [6.45, 7) is 1.48. The number of nitrogen functional groups attached to an aromatic ring is 1. The van der Waals surface area contributed by atoms with E-state index in [0.717, 1.165) is 28.1 Å². The molecular weight excluding hydrogens is 252 g/mol. The maximum Gasteiger partial charge on any atom is 0.221 e. The molecule has 0 fully saturated rings. The van der Waals surface area contributed by atoms with Gasteiger partial charge in [-0.2, -0.15) is 0 Å². The quantitative estimate of drug-likeness (QED) is 0.623. The number of imidazole rings is 1. The molecule has 5 heteroatoms. The van der Waals surface area contributed by atoms with Crippen LogP contribution in [-0.4, -0.2) is 15.9 Å². The Bertz CT molecular complexity index is 774. The van der Waals surface area contributed by atoms with Crippen LogP contribution in [0.15, 0.2) is 42.5 Å². The average Bonchev–Trinajstić information content (AvgIpc) is 2.81. The molecule has 0 radical (unpaired) electrons. The van der Waals surface area contributed by atoms with Crippen molar-refractivity contribution < 1.29 is 4.79 Å². The number of carbonyl (C=O) groups is 1. The summed E-state index contributed by atoms with van der Waals surface area (Å²) in [5.74, 6) is 0.692. The van der Waals surface area contributed by atoms with Gasteiger partial charge in [0.1, 0.15) is 5.82 Å². The Kier molecular flexibility index (Phi) is 2.87. The molecule has 0 aliphatic heterocycles. The number of hydrogen-bond donors (Lipinski definition) is 3. The molecule has 5 nitrogen and oxygen atoms in total. The van der Waals surface area contributed by atoms with E-state index in [2.05, 4.69) is 15.3 Å². The Morgan fingerprint density at radius 2 is 1.95 bits per heavy atom. The van der Waals surface area contributed by atoms with Crippen molar-refractivity contribution in [2.24, 2.45) is 0 Å². The number of anilines is 2. The number of benzene rings is 2. The molecule has 2 aromatic carbocycles. The number of nitrogens with zero attached hydrogens (tertiary/aromatic N) is 1. The maximum absolute atomic E-state index is 11.0. The van der Waals surface area contributed by atoms with E-state index in [0.29, 0.717) is 5.69 Å². The Labute approximate surface area is 115 Å². The molecule has 0 atom stereocenters. The van der Waals surface area contributed by atoms with Crippen molar-refractivity contribution in [3.8, 4) is 11.4 Å². The summed E-state index contributed by atoms with van der Waals surface area (Å²) in [4.78, 5) is 18.7. The van der Waals surface area contributed by atoms with Gasteiger partial charge in [-0.1, -0.05) is 0 Å². The molecule has 100 valence electrons. The highest BCUT2D eigenvalue weighted by atomic mass is 16.1. The minimum atomic E-state index is -0.0861. The topological polar surface area (TPSA) is 83.8 Å². The molecular formula is C15H14N4O. The smallest absolute Gasteiger partial charge is 0.221 e. The van der Waals surface area contributed by atoms with Crippen molar-refractivity contribution in [2.75, 3.05) is 11.1 Å². The molecule has 3 aromatic rings. The lowest BCUT2D eigenvalue weighted by atomic mass is 10.2. The monoisotopic (exact) mass is 266 g/mol. The van der Waals surface area contributed by atoms with E-state index in [4.69, 9.17) is 5.73 Å². The first-order valence-corrected chi connectivity index (χ1v) is 6.25. The van der Waals surface area contributed by atoms with Crippen LogP contribution in [0, 0.1) is 0 Å². The van der Waals surface area contributed by atoms with Gasteiger partial charge in [-0.15, -0.1) is 0 Å². The molecule has 1 aromatic heterocycles. The zero-order chi connectivity index (χ0) is 14.1. The van der Waals surface area contributed by atoms with Gasteiger partial charge in [0.25, 0.3) is 0 Å². The van der Waals surface area contributed by atoms with E-state index in [1.807, 2.05) is 42.5 Å². The van der Waals surface area contributed by atoms with Crippen LogP contribution in [-0.2, 0) is 4.79 Å². The van der Waals surface area contributed by atoms with Gasteiger partial charge in [-0.05, 0) is 42.5 Å². The Hall–Kier alpha value is -2.82. The number of fused-ring (bicyclic) bond motifs is 1. The molecule has 0 spiro atoms. The Morgan fingerprint density at radius 1 is 1.20 bits per heavy atom. The number of aromatic nitrogens is 2. The number of aromatic amines is 1. The summed E-state index contributed by atoms with van der Waals surface area (Å²) in [5, 5.41) is 2.73. The molecule has 0 saturated heterocycles. The van der Waals surface area contributed by atoms with Crippen LogP contribution in [0.5, 0.6) is 0 Å². The zero-order valence-corrected chi connectivity index (χ0v) is 11.0. The third kappa shape index (κ3) is 2.33. The Morgan fingerprint density at radius 3 is 2.65 bits per heavy atom. The van der Waals surface area contributed by atoms with Gasteiger partial charge >= 0.3 is 0 Å². The lowest BCUT2D eigenvalue weighted by molar-refractivity contribution is -0.114. The number of amides is 1. The van der Waals surface area contributed by atoms with Gasteiger partial charge in [-0.25, -0.2) is 4.98 Å². The summed E-state index contributed by atoms with van der Waals surface area (Å²) in [6, 6.07) is 13.1. The lowest BCUT2D eigenvalue weighted by Gasteiger charge is -2.02. The molecule has 1 amide bonds. The van der Waals surface area contributed by atoms with Crippen LogP contribution in [0.1, 0.15) is 6.92 Å². The van der Waals surface area contributed by atoms with Gasteiger partial charge in [0.15, 0.2) is 0 Å². The summed E-state index contributed by atoms with van der Waals surface area (Å²) >= 11 is 0. The summed E-state index contributed by atoms with van der Waals surface area (Å²) < 4.78 is 0. The van der Waals surface area contributed by atoms with Crippen LogP contribution < -0.4 is 11.1 Å². The van der Waals surface area contributed by atoms with E-state index in [1.165, 1.54) is 6.92 Å². The zero-order valence-electron chi connectivity index (χ0n) is 11.0. The minimum absolute atomic E-state index is 0.0861. The number of hydrogen-bond acceptors (Lipinski definition) is 3. The predicted octanol–water partition coefficient (Wildman–Crippen LogP) is 2.77. The van der Waals surface area contributed by atoms with Gasteiger partial charge in [0, 0.05) is 23.9 Å². The number of nitrogens with one attached hydrogen (secondary N) is 2. The van der Waals surface area contributed by atoms with Crippen molar-refractivity contribution in [2.45, 2.75) is 6.92 Å². The van der Waals surface area contributed by atoms with Gasteiger partial charge in [0.05, 0.1) is 11.0 Å². The molecule has 20 heavy (non-hydrogen) atoms. The summed E-state index contributed by atoms with van der Waals surface area (Å²) in [6.07, 6.45) is 0. The predicted molar refractivity (Wildman–Crippen MR) is 80.2 cm³/mol. The minimum Gasteiger partial charge on any atom is -0.399 e. The molecule has 0 saturated carbocycles. The first kappa shape index (κ1) is 12.2. The second-order valence-electron chi connectivity index (χ2n) is 4.62. The largest absolute Gasteiger partial charge is 0.399 e. The third-order valence-corrected chi connectivity index (χ3v) is 2.99. The summed E-state index contributed by atoms with van der Waals surface area (Å²) in [5.41, 5.74) is 9.94. The highest BCUT2D eigenvalue weighted by Crippen LogP contribution is 2.23. The van der Waals surface area contributed by atoms with Crippen LogP contribution in [0.4, 0.5) is 11.4 Å².